The summed E-state index contributed by atoms with van der Waals surface area (Å²) >= 11 is 1.49. The highest BCUT2D eigenvalue weighted by atomic mass is 32.1. The number of nitrogens with one attached hydrogen (secondary N) is 1. The molecular weight excluding hydrogens is 360 g/mol. The molecule has 0 saturated carbocycles. The molecule has 6 nitrogen and oxygen atoms in total. The van der Waals surface area contributed by atoms with Crippen LogP contribution in [0.4, 0.5) is 0 Å². The molecule has 27 heavy (non-hydrogen) atoms. The van der Waals surface area contributed by atoms with Gasteiger partial charge in [-0.05, 0) is 44.9 Å². The largest absolute Gasteiger partial charge is 0.435 e. The van der Waals surface area contributed by atoms with Crippen molar-refractivity contribution in [2.24, 2.45) is 0 Å². The first kappa shape index (κ1) is 16.9. The van der Waals surface area contributed by atoms with Crippen LogP contribution < -0.4 is 5.32 Å². The number of oxazole rings is 1. The number of rotatable bonds is 3. The highest BCUT2D eigenvalue weighted by Gasteiger charge is 2.36. The van der Waals surface area contributed by atoms with Crippen molar-refractivity contribution in [2.75, 3.05) is 7.05 Å². The van der Waals surface area contributed by atoms with Gasteiger partial charge in [0.2, 0.25) is 5.89 Å². The van der Waals surface area contributed by atoms with Crippen LogP contribution in [0.3, 0.4) is 0 Å². The van der Waals surface area contributed by atoms with E-state index in [0.29, 0.717) is 40.3 Å². The topological polar surface area (TPSA) is 71.3 Å². The first-order valence-electron chi connectivity index (χ1n) is 9.50. The maximum absolute atomic E-state index is 13.0. The van der Waals surface area contributed by atoms with Crippen LogP contribution in [0.25, 0.3) is 22.7 Å². The Balaban J connectivity index is 1.39. The summed E-state index contributed by atoms with van der Waals surface area (Å²) in [6, 6.07) is 6.90. The van der Waals surface area contributed by atoms with Gasteiger partial charge in [-0.1, -0.05) is 12.5 Å². The SMILES string of the molecule is CN1C2CCCC1CC(NC(=O)c1cccc3oc(-c4cscn4)nc13)C2. The van der Waals surface area contributed by atoms with Gasteiger partial charge >= 0.3 is 0 Å². The quantitative estimate of drug-likeness (QED) is 0.748. The third-order valence-electron chi connectivity index (χ3n) is 5.99. The summed E-state index contributed by atoms with van der Waals surface area (Å²) in [7, 11) is 2.22. The third-order valence-corrected chi connectivity index (χ3v) is 6.58. The van der Waals surface area contributed by atoms with Crippen molar-refractivity contribution < 1.29 is 9.21 Å². The molecule has 4 heterocycles. The predicted molar refractivity (Wildman–Crippen MR) is 105 cm³/mol. The molecule has 0 spiro atoms. The lowest BCUT2D eigenvalue weighted by molar-refractivity contribution is 0.0463. The smallest absolute Gasteiger partial charge is 0.253 e. The molecule has 0 aliphatic carbocycles. The fraction of sp³-hybridized carbons (Fsp3) is 0.450. The van der Waals surface area contributed by atoms with Crippen molar-refractivity contribution in [1.29, 1.82) is 0 Å². The summed E-state index contributed by atoms with van der Waals surface area (Å²) in [5, 5.41) is 5.15. The molecule has 2 atom stereocenters. The van der Waals surface area contributed by atoms with E-state index in [-0.39, 0.29) is 11.9 Å². The second-order valence-corrected chi connectivity index (χ2v) is 8.31. The number of aromatic nitrogens is 2. The van der Waals surface area contributed by atoms with Gasteiger partial charge in [-0.2, -0.15) is 0 Å². The summed E-state index contributed by atoms with van der Waals surface area (Å²) in [6.45, 7) is 0. The first-order chi connectivity index (χ1) is 13.2. The average molecular weight is 382 g/mol. The Morgan fingerprint density at radius 3 is 2.85 bits per heavy atom. The van der Waals surface area contributed by atoms with Crippen molar-refractivity contribution in [1.82, 2.24) is 20.2 Å². The monoisotopic (exact) mass is 382 g/mol. The van der Waals surface area contributed by atoms with Gasteiger partial charge in [-0.3, -0.25) is 4.79 Å². The van der Waals surface area contributed by atoms with Crippen LogP contribution in [0.15, 0.2) is 33.5 Å². The maximum atomic E-state index is 13.0. The predicted octanol–water partition coefficient (Wildman–Crippen LogP) is 3.70. The van der Waals surface area contributed by atoms with Gasteiger partial charge in [0.05, 0.1) is 11.1 Å². The van der Waals surface area contributed by atoms with E-state index in [9.17, 15) is 4.79 Å². The lowest BCUT2D eigenvalue weighted by Gasteiger charge is -2.47. The van der Waals surface area contributed by atoms with Gasteiger partial charge in [0.25, 0.3) is 5.91 Å². The molecule has 2 aromatic heterocycles. The number of hydrogen-bond donors (Lipinski definition) is 1. The van der Waals surface area contributed by atoms with Crippen molar-refractivity contribution in [3.05, 3.63) is 34.7 Å². The molecule has 0 radical (unpaired) electrons. The maximum Gasteiger partial charge on any atom is 0.253 e. The van der Waals surface area contributed by atoms with Crippen LogP contribution in [-0.4, -0.2) is 45.9 Å². The van der Waals surface area contributed by atoms with E-state index >= 15 is 0 Å². The van der Waals surface area contributed by atoms with E-state index < -0.39 is 0 Å². The Bertz CT molecular complexity index is 954. The van der Waals surface area contributed by atoms with E-state index in [2.05, 4.69) is 27.2 Å². The van der Waals surface area contributed by atoms with Crippen molar-refractivity contribution in [2.45, 2.75) is 50.2 Å². The standard InChI is InChI=1S/C20H22N4O2S/c1-24-13-4-2-5-14(24)9-12(8-13)22-19(25)15-6-3-7-17-18(15)23-20(26-17)16-10-27-11-21-16/h3,6-7,10-14H,2,4-5,8-9H2,1H3,(H,22,25). The van der Waals surface area contributed by atoms with E-state index in [0.717, 1.165) is 12.8 Å². The molecule has 1 aromatic carbocycles. The molecule has 2 saturated heterocycles. The molecule has 1 amide bonds. The number of fused-ring (bicyclic) bond motifs is 3. The van der Waals surface area contributed by atoms with Crippen molar-refractivity contribution in [3.63, 3.8) is 0 Å². The van der Waals surface area contributed by atoms with Gasteiger partial charge in [0.15, 0.2) is 5.58 Å². The lowest BCUT2D eigenvalue weighted by atomic mass is 9.82. The Morgan fingerprint density at radius 2 is 2.11 bits per heavy atom. The number of para-hydroxylation sites is 1. The zero-order valence-corrected chi connectivity index (χ0v) is 16.0. The molecule has 3 aromatic rings. The summed E-state index contributed by atoms with van der Waals surface area (Å²) in [5.74, 6) is 0.395. The molecule has 2 bridgehead atoms. The number of thiazole rings is 1. The minimum atomic E-state index is -0.0636. The summed E-state index contributed by atoms with van der Waals surface area (Å²) in [6.07, 6.45) is 5.82. The molecule has 2 unspecified atom stereocenters. The third kappa shape index (κ3) is 3.04. The van der Waals surface area contributed by atoms with Crippen LogP contribution in [-0.2, 0) is 0 Å². The molecule has 2 aliphatic rings. The number of carbonyl (C=O) groups is 1. The van der Waals surface area contributed by atoms with Crippen LogP contribution in [0.2, 0.25) is 0 Å². The minimum Gasteiger partial charge on any atom is -0.435 e. The summed E-state index contributed by atoms with van der Waals surface area (Å²) in [5.41, 5.74) is 4.24. The van der Waals surface area contributed by atoms with Gasteiger partial charge in [-0.25, -0.2) is 9.97 Å². The average Bonchev–Trinajstić information content (AvgIpc) is 3.31. The fourth-order valence-corrected chi connectivity index (χ4v) is 5.08. The van der Waals surface area contributed by atoms with Gasteiger partial charge in [0.1, 0.15) is 11.2 Å². The Kier molecular flexibility index (Phi) is 4.21. The number of carbonyl (C=O) groups excluding carboxylic acids is 1. The summed E-state index contributed by atoms with van der Waals surface area (Å²) < 4.78 is 5.81. The van der Waals surface area contributed by atoms with E-state index in [1.54, 1.807) is 5.51 Å². The molecule has 7 heteroatoms. The first-order valence-corrected chi connectivity index (χ1v) is 10.4. The zero-order valence-electron chi connectivity index (χ0n) is 15.2. The normalized spacial score (nSPS) is 25.6. The Morgan fingerprint density at radius 1 is 1.30 bits per heavy atom. The fourth-order valence-electron chi connectivity index (χ4n) is 4.56. The lowest BCUT2D eigenvalue weighted by Crippen LogP contribution is -2.55. The number of hydrogen-bond acceptors (Lipinski definition) is 6. The molecule has 140 valence electrons. The minimum absolute atomic E-state index is 0.0636. The van der Waals surface area contributed by atoms with Crippen molar-refractivity contribution in [3.8, 4) is 11.6 Å². The second-order valence-electron chi connectivity index (χ2n) is 7.59. The molecule has 1 N–H and O–H groups in total. The van der Waals surface area contributed by atoms with Crippen LogP contribution >= 0.6 is 11.3 Å². The highest BCUT2D eigenvalue weighted by molar-refractivity contribution is 7.07. The number of piperidine rings is 2. The number of amides is 1. The number of nitrogens with zero attached hydrogens (tertiary/aromatic N) is 3. The van der Waals surface area contributed by atoms with E-state index in [1.165, 1.54) is 30.6 Å². The Hall–Kier alpha value is -2.25. The number of benzene rings is 1. The van der Waals surface area contributed by atoms with Gasteiger partial charge in [0, 0.05) is 23.5 Å². The van der Waals surface area contributed by atoms with E-state index in [4.69, 9.17) is 4.42 Å². The van der Waals surface area contributed by atoms with Gasteiger partial charge < -0.3 is 14.6 Å². The van der Waals surface area contributed by atoms with E-state index in [1.807, 2.05) is 23.6 Å². The Labute approximate surface area is 161 Å². The highest BCUT2D eigenvalue weighted by Crippen LogP contribution is 2.33. The van der Waals surface area contributed by atoms with Gasteiger partial charge in [-0.15, -0.1) is 11.3 Å². The molecule has 2 fully saturated rings. The second kappa shape index (κ2) is 6.73. The van der Waals surface area contributed by atoms with Crippen LogP contribution in [0.1, 0.15) is 42.5 Å². The van der Waals surface area contributed by atoms with Crippen LogP contribution in [0, 0.1) is 0 Å². The van der Waals surface area contributed by atoms with Crippen molar-refractivity contribution >= 4 is 28.3 Å². The summed E-state index contributed by atoms with van der Waals surface area (Å²) in [4.78, 5) is 24.3. The van der Waals surface area contributed by atoms with Crippen LogP contribution in [0.5, 0.6) is 0 Å². The molecule has 2 aliphatic heterocycles. The zero-order chi connectivity index (χ0) is 18.4. The molecular formula is C20H22N4O2S. The molecule has 5 rings (SSSR count).